The third-order valence-electron chi connectivity index (χ3n) is 4.02. The van der Waals surface area contributed by atoms with Crippen LogP contribution in [0.4, 0.5) is 0 Å². The molecule has 0 fully saturated rings. The van der Waals surface area contributed by atoms with Crippen molar-refractivity contribution in [2.24, 2.45) is 0 Å². The molecule has 0 bridgehead atoms. The average Bonchev–Trinajstić information content (AvgIpc) is 2.66. The maximum Gasteiger partial charge on any atom is 0.118 e. The number of alkyl halides is 1. The lowest BCUT2D eigenvalue weighted by molar-refractivity contribution is 0.107. The highest BCUT2D eigenvalue weighted by Gasteiger charge is 2.10. The standard InChI is InChI=1S/C23H28BrClO2S/c1-26-21-11-8-18(9-12-21)16-27-17-20-15-19(10-13-23(20)25)22(24)7-5-6-14-28(2,3)4/h8-13,15,22H,5,7,16-17H2,1-4H3. The first-order valence-corrected chi connectivity index (χ1v) is 13.2. The molecule has 0 saturated carbocycles. The molecule has 0 aliphatic rings. The van der Waals surface area contributed by atoms with Gasteiger partial charge < -0.3 is 9.47 Å². The predicted octanol–water partition coefficient (Wildman–Crippen LogP) is 6.94. The van der Waals surface area contributed by atoms with Crippen LogP contribution in [0.5, 0.6) is 5.75 Å². The molecule has 0 radical (unpaired) electrons. The fourth-order valence-electron chi connectivity index (χ4n) is 2.53. The van der Waals surface area contributed by atoms with Crippen LogP contribution in [-0.4, -0.2) is 25.9 Å². The minimum Gasteiger partial charge on any atom is -0.497 e. The lowest BCUT2D eigenvalue weighted by Gasteiger charge is -2.15. The largest absolute Gasteiger partial charge is 0.497 e. The lowest BCUT2D eigenvalue weighted by atomic mass is 10.1. The van der Waals surface area contributed by atoms with Crippen molar-refractivity contribution in [3.8, 4) is 16.9 Å². The fraction of sp³-hybridized carbons (Fsp3) is 0.391. The summed E-state index contributed by atoms with van der Waals surface area (Å²) >= 11 is 10.2. The van der Waals surface area contributed by atoms with E-state index in [-0.39, 0.29) is 4.83 Å². The van der Waals surface area contributed by atoms with E-state index in [4.69, 9.17) is 21.1 Å². The van der Waals surface area contributed by atoms with E-state index in [0.29, 0.717) is 13.2 Å². The topological polar surface area (TPSA) is 18.5 Å². The van der Waals surface area contributed by atoms with Gasteiger partial charge in [-0.25, -0.2) is 0 Å². The van der Waals surface area contributed by atoms with Gasteiger partial charge in [0, 0.05) is 16.3 Å². The Balaban J connectivity index is 1.91. The molecule has 2 rings (SSSR count). The van der Waals surface area contributed by atoms with Gasteiger partial charge in [-0.3, -0.25) is 0 Å². The van der Waals surface area contributed by atoms with Crippen molar-refractivity contribution in [3.63, 3.8) is 0 Å². The fourth-order valence-corrected chi connectivity index (χ4v) is 3.75. The maximum atomic E-state index is 6.37. The Labute approximate surface area is 184 Å². The molecule has 0 spiro atoms. The second-order valence-electron chi connectivity index (χ2n) is 7.31. The Hall–Kier alpha value is -1.12. The predicted molar refractivity (Wildman–Crippen MR) is 127 cm³/mol. The number of ether oxygens (including phenoxy) is 2. The minimum atomic E-state index is -0.754. The monoisotopic (exact) mass is 482 g/mol. The highest BCUT2D eigenvalue weighted by Crippen LogP contribution is 2.33. The minimum absolute atomic E-state index is 0.259. The van der Waals surface area contributed by atoms with Crippen LogP contribution in [0.2, 0.25) is 5.02 Å². The van der Waals surface area contributed by atoms with Crippen LogP contribution in [0.3, 0.4) is 0 Å². The molecule has 0 aliphatic carbocycles. The molecule has 0 saturated heterocycles. The SMILES string of the molecule is COc1ccc(COCc2cc(C(Br)CCC#CS(C)(C)C)ccc2Cl)cc1. The van der Waals surface area contributed by atoms with Crippen molar-refractivity contribution in [1.29, 1.82) is 0 Å². The van der Waals surface area contributed by atoms with Crippen LogP contribution in [0, 0.1) is 11.2 Å². The number of rotatable bonds is 8. The molecule has 2 aromatic rings. The normalized spacial score (nSPS) is 12.8. The van der Waals surface area contributed by atoms with Crippen molar-refractivity contribution in [1.82, 2.24) is 0 Å². The van der Waals surface area contributed by atoms with Crippen molar-refractivity contribution in [2.45, 2.75) is 30.9 Å². The summed E-state index contributed by atoms with van der Waals surface area (Å²) in [6.07, 6.45) is 8.48. The second kappa shape index (κ2) is 11.2. The van der Waals surface area contributed by atoms with Crippen LogP contribution in [0.25, 0.3) is 0 Å². The molecule has 0 heterocycles. The Morgan fingerprint density at radius 3 is 2.43 bits per heavy atom. The zero-order valence-electron chi connectivity index (χ0n) is 16.9. The molecule has 5 heteroatoms. The molecule has 0 N–H and O–H groups in total. The zero-order valence-corrected chi connectivity index (χ0v) is 20.1. The van der Waals surface area contributed by atoms with E-state index in [1.165, 1.54) is 5.56 Å². The smallest absolute Gasteiger partial charge is 0.118 e. The molecule has 0 amide bonds. The van der Waals surface area contributed by atoms with Crippen LogP contribution < -0.4 is 4.74 Å². The molecule has 0 aliphatic heterocycles. The summed E-state index contributed by atoms with van der Waals surface area (Å²) in [5.74, 6) is 4.15. The van der Waals surface area contributed by atoms with Crippen LogP contribution in [0.15, 0.2) is 42.5 Å². The third kappa shape index (κ3) is 8.09. The molecule has 2 nitrogen and oxygen atoms in total. The summed E-state index contributed by atoms with van der Waals surface area (Å²) in [5, 5.41) is 4.09. The first-order valence-electron chi connectivity index (χ1n) is 9.09. The van der Waals surface area contributed by atoms with Gasteiger partial charge in [0.2, 0.25) is 0 Å². The zero-order chi connectivity index (χ0) is 20.6. The molecular weight excluding hydrogens is 456 g/mol. The Morgan fingerprint density at radius 1 is 1.07 bits per heavy atom. The summed E-state index contributed by atoms with van der Waals surface area (Å²) in [5.41, 5.74) is 3.31. The van der Waals surface area contributed by atoms with E-state index in [0.717, 1.165) is 34.7 Å². The van der Waals surface area contributed by atoms with Crippen LogP contribution in [0.1, 0.15) is 34.4 Å². The Kier molecular flexibility index (Phi) is 9.24. The van der Waals surface area contributed by atoms with E-state index >= 15 is 0 Å². The molecule has 152 valence electrons. The van der Waals surface area contributed by atoms with Gasteiger partial charge in [0.15, 0.2) is 0 Å². The van der Waals surface area contributed by atoms with E-state index in [1.807, 2.05) is 30.3 Å². The number of halogens is 2. The molecule has 28 heavy (non-hydrogen) atoms. The third-order valence-corrected chi connectivity index (χ3v) is 6.13. The summed E-state index contributed by atoms with van der Waals surface area (Å²) in [7, 11) is 0.909. The molecule has 2 aromatic carbocycles. The molecular formula is C23H28BrClO2S. The van der Waals surface area contributed by atoms with Crippen molar-refractivity contribution < 1.29 is 9.47 Å². The quantitative estimate of drug-likeness (QED) is 0.299. The Bertz CT molecular complexity index is 819. The first kappa shape index (κ1) is 23.2. The van der Waals surface area contributed by atoms with Gasteiger partial charge >= 0.3 is 0 Å². The number of benzene rings is 2. The summed E-state index contributed by atoms with van der Waals surface area (Å²) < 4.78 is 11.0. The highest BCUT2D eigenvalue weighted by molar-refractivity contribution is 9.09. The summed E-state index contributed by atoms with van der Waals surface area (Å²) in [4.78, 5) is 0.259. The van der Waals surface area contributed by atoms with E-state index in [1.54, 1.807) is 7.11 Å². The van der Waals surface area contributed by atoms with E-state index in [9.17, 15) is 0 Å². The molecule has 1 unspecified atom stereocenters. The van der Waals surface area contributed by atoms with Crippen molar-refractivity contribution in [3.05, 3.63) is 64.2 Å². The molecule has 0 aromatic heterocycles. The Morgan fingerprint density at radius 2 is 1.79 bits per heavy atom. The van der Waals surface area contributed by atoms with Gasteiger partial charge in [-0.15, -0.1) is 0 Å². The lowest BCUT2D eigenvalue weighted by Crippen LogP contribution is -1.98. The van der Waals surface area contributed by atoms with E-state index in [2.05, 4.69) is 58.0 Å². The van der Waals surface area contributed by atoms with Crippen LogP contribution >= 0.6 is 37.6 Å². The number of methoxy groups -OCH3 is 1. The van der Waals surface area contributed by atoms with Gasteiger partial charge in [0.05, 0.1) is 20.3 Å². The number of hydrogen-bond donors (Lipinski definition) is 0. The second-order valence-corrected chi connectivity index (χ2v) is 12.7. The highest BCUT2D eigenvalue weighted by atomic mass is 79.9. The maximum absolute atomic E-state index is 6.37. The van der Waals surface area contributed by atoms with Gasteiger partial charge in [-0.05, 0) is 60.1 Å². The summed E-state index contributed by atoms with van der Waals surface area (Å²) in [6, 6.07) is 14.0. The average molecular weight is 484 g/mol. The van der Waals surface area contributed by atoms with Gasteiger partial charge in [-0.1, -0.05) is 63.0 Å². The van der Waals surface area contributed by atoms with E-state index < -0.39 is 10.0 Å². The molecule has 1 atom stereocenters. The van der Waals surface area contributed by atoms with Crippen molar-refractivity contribution in [2.75, 3.05) is 25.9 Å². The van der Waals surface area contributed by atoms with Crippen molar-refractivity contribution >= 4 is 37.6 Å². The number of hydrogen-bond acceptors (Lipinski definition) is 2. The van der Waals surface area contributed by atoms with Gasteiger partial charge in [0.25, 0.3) is 0 Å². The van der Waals surface area contributed by atoms with Gasteiger partial charge in [0.1, 0.15) is 5.75 Å². The summed E-state index contributed by atoms with van der Waals surface area (Å²) in [6.45, 7) is 1.01. The first-order chi connectivity index (χ1) is 13.3. The van der Waals surface area contributed by atoms with Gasteiger partial charge in [-0.2, -0.15) is 10.0 Å². The van der Waals surface area contributed by atoms with Crippen LogP contribution in [-0.2, 0) is 18.0 Å².